The Morgan fingerprint density at radius 2 is 1.94 bits per heavy atom. The highest BCUT2D eigenvalue weighted by Crippen LogP contribution is 2.27. The van der Waals surface area contributed by atoms with Crippen molar-refractivity contribution in [3.05, 3.63) is 62.8 Å². The van der Waals surface area contributed by atoms with Crippen LogP contribution in [-0.4, -0.2) is 41.7 Å². The Balaban J connectivity index is 1.32. The Labute approximate surface area is 187 Å². The van der Waals surface area contributed by atoms with E-state index in [1.807, 2.05) is 0 Å². The quantitative estimate of drug-likeness (QED) is 0.279. The van der Waals surface area contributed by atoms with E-state index < -0.39 is 17.7 Å². The maximum Gasteiger partial charge on any atom is 0.305 e. The standard InChI is InChI=1S/C22H26F2N4O3S/c23-16-3-1-2-13(19(16)24)4-6-15(25)12-18(30)27-11-10-26-9-8-14-5-7-17(29)20-21(14)32-22(31)28-20/h1-3,5,7,15,26,29H,4,6,8-12,25H2,(H,27,30)(H,28,31). The molecule has 3 aromatic rings. The molecule has 0 spiro atoms. The zero-order valence-corrected chi connectivity index (χ0v) is 18.2. The van der Waals surface area contributed by atoms with Gasteiger partial charge in [-0.25, -0.2) is 8.78 Å². The maximum absolute atomic E-state index is 13.7. The molecule has 7 nitrogen and oxygen atoms in total. The number of hydrogen-bond acceptors (Lipinski definition) is 6. The largest absolute Gasteiger partial charge is 0.506 e. The van der Waals surface area contributed by atoms with E-state index in [9.17, 15) is 23.5 Å². The average molecular weight is 465 g/mol. The molecule has 1 aromatic heterocycles. The van der Waals surface area contributed by atoms with Crippen molar-refractivity contribution in [2.45, 2.75) is 31.7 Å². The van der Waals surface area contributed by atoms with Crippen LogP contribution >= 0.6 is 11.3 Å². The number of nitrogens with one attached hydrogen (secondary N) is 3. The number of fused-ring (bicyclic) bond motifs is 1. The van der Waals surface area contributed by atoms with Crippen molar-refractivity contribution in [2.24, 2.45) is 5.73 Å². The summed E-state index contributed by atoms with van der Waals surface area (Å²) in [6, 6.07) is 6.93. The van der Waals surface area contributed by atoms with Crippen molar-refractivity contribution in [1.82, 2.24) is 15.6 Å². The number of aromatic amines is 1. The number of aromatic nitrogens is 1. The minimum atomic E-state index is -0.889. The van der Waals surface area contributed by atoms with E-state index in [0.717, 1.165) is 27.7 Å². The van der Waals surface area contributed by atoms with Gasteiger partial charge in [0.1, 0.15) is 11.3 Å². The Morgan fingerprint density at radius 1 is 1.12 bits per heavy atom. The highest BCUT2D eigenvalue weighted by Gasteiger charge is 2.13. The second-order valence-electron chi connectivity index (χ2n) is 7.53. The van der Waals surface area contributed by atoms with Crippen LogP contribution in [0.3, 0.4) is 0 Å². The molecule has 0 bridgehead atoms. The summed E-state index contributed by atoms with van der Waals surface area (Å²) in [5.41, 5.74) is 7.62. The van der Waals surface area contributed by atoms with Crippen molar-refractivity contribution < 1.29 is 18.7 Å². The molecule has 0 aliphatic rings. The van der Waals surface area contributed by atoms with Gasteiger partial charge in [-0.15, -0.1) is 0 Å². The van der Waals surface area contributed by atoms with Gasteiger partial charge in [-0.05, 0) is 49.1 Å². The third kappa shape index (κ3) is 6.35. The molecule has 3 rings (SSSR count). The summed E-state index contributed by atoms with van der Waals surface area (Å²) in [6.45, 7) is 1.62. The van der Waals surface area contributed by atoms with Crippen LogP contribution in [-0.2, 0) is 17.6 Å². The summed E-state index contributed by atoms with van der Waals surface area (Å²) in [7, 11) is 0. The fraction of sp³-hybridized carbons (Fsp3) is 0.364. The molecule has 0 aliphatic carbocycles. The van der Waals surface area contributed by atoms with Gasteiger partial charge in [0.05, 0.1) is 4.70 Å². The topological polar surface area (TPSA) is 120 Å². The molecule has 0 fully saturated rings. The SMILES string of the molecule is NC(CCc1cccc(F)c1F)CC(=O)NCCNCCc1ccc(O)c2[nH]c(=O)sc12. The molecule has 10 heteroatoms. The molecule has 1 atom stereocenters. The van der Waals surface area contributed by atoms with E-state index in [2.05, 4.69) is 15.6 Å². The number of H-pyrrole nitrogens is 1. The first kappa shape index (κ1) is 23.8. The molecule has 1 unspecified atom stereocenters. The van der Waals surface area contributed by atoms with Gasteiger partial charge in [-0.2, -0.15) is 0 Å². The summed E-state index contributed by atoms with van der Waals surface area (Å²) in [6.07, 6.45) is 1.41. The van der Waals surface area contributed by atoms with Gasteiger partial charge in [0.15, 0.2) is 11.6 Å². The average Bonchev–Trinajstić information content (AvgIpc) is 3.15. The Morgan fingerprint density at radius 3 is 2.75 bits per heavy atom. The Kier molecular flexibility index (Phi) is 8.32. The molecule has 0 aliphatic heterocycles. The number of carbonyl (C=O) groups is 1. The van der Waals surface area contributed by atoms with Crippen molar-refractivity contribution in [3.8, 4) is 5.75 Å². The van der Waals surface area contributed by atoms with Crippen LogP contribution < -0.4 is 21.2 Å². The Hall–Kier alpha value is -2.82. The van der Waals surface area contributed by atoms with Crippen LogP contribution in [0.25, 0.3) is 10.2 Å². The third-order valence-corrected chi connectivity index (χ3v) is 6.06. The first-order valence-corrected chi connectivity index (χ1v) is 11.2. The normalized spacial score (nSPS) is 12.2. The summed E-state index contributed by atoms with van der Waals surface area (Å²) in [5.74, 6) is -1.90. The number of hydrogen-bond donors (Lipinski definition) is 5. The minimum Gasteiger partial charge on any atom is -0.506 e. The molecule has 1 heterocycles. The lowest BCUT2D eigenvalue weighted by Crippen LogP contribution is -2.36. The lowest BCUT2D eigenvalue weighted by Gasteiger charge is -2.12. The van der Waals surface area contributed by atoms with Crippen molar-refractivity contribution >= 4 is 27.5 Å². The van der Waals surface area contributed by atoms with Gasteiger partial charge >= 0.3 is 4.87 Å². The molecule has 0 radical (unpaired) electrons. The first-order valence-electron chi connectivity index (χ1n) is 10.3. The number of phenolic OH excluding ortho intramolecular Hbond substituents is 1. The number of nitrogens with two attached hydrogens (primary N) is 1. The molecule has 6 N–H and O–H groups in total. The number of thiazole rings is 1. The zero-order chi connectivity index (χ0) is 23.1. The van der Waals surface area contributed by atoms with Crippen LogP contribution in [0.4, 0.5) is 8.78 Å². The molecular formula is C22H26F2N4O3S. The number of benzene rings is 2. The lowest BCUT2D eigenvalue weighted by molar-refractivity contribution is -0.121. The second kappa shape index (κ2) is 11.2. The number of phenols is 1. The fourth-order valence-corrected chi connectivity index (χ4v) is 4.30. The number of aromatic hydroxyl groups is 1. The molecule has 1 amide bonds. The zero-order valence-electron chi connectivity index (χ0n) is 17.4. The summed E-state index contributed by atoms with van der Waals surface area (Å²) >= 11 is 1.07. The van der Waals surface area contributed by atoms with Crippen molar-refractivity contribution in [2.75, 3.05) is 19.6 Å². The van der Waals surface area contributed by atoms with Crippen LogP contribution in [0, 0.1) is 11.6 Å². The predicted octanol–water partition coefficient (Wildman–Crippen LogP) is 2.17. The summed E-state index contributed by atoms with van der Waals surface area (Å²) in [5, 5.41) is 15.8. The number of amides is 1. The van der Waals surface area contributed by atoms with Crippen LogP contribution in [0.1, 0.15) is 24.0 Å². The van der Waals surface area contributed by atoms with Gasteiger partial charge in [-0.3, -0.25) is 9.59 Å². The monoisotopic (exact) mass is 464 g/mol. The fourth-order valence-electron chi connectivity index (χ4n) is 3.40. The van der Waals surface area contributed by atoms with E-state index in [1.165, 1.54) is 12.1 Å². The highest BCUT2D eigenvalue weighted by atomic mass is 32.1. The van der Waals surface area contributed by atoms with Crippen LogP contribution in [0.5, 0.6) is 5.75 Å². The molecule has 0 saturated carbocycles. The molecule has 32 heavy (non-hydrogen) atoms. The van der Waals surface area contributed by atoms with E-state index >= 15 is 0 Å². The Bertz CT molecular complexity index is 1130. The number of aryl methyl sites for hydroxylation is 1. The highest BCUT2D eigenvalue weighted by molar-refractivity contribution is 7.16. The molecular weight excluding hydrogens is 438 g/mol. The van der Waals surface area contributed by atoms with Crippen molar-refractivity contribution in [1.29, 1.82) is 0 Å². The lowest BCUT2D eigenvalue weighted by atomic mass is 10.0. The first-order chi connectivity index (χ1) is 15.3. The van der Waals surface area contributed by atoms with E-state index in [4.69, 9.17) is 5.73 Å². The summed E-state index contributed by atoms with van der Waals surface area (Å²) < 4.78 is 27.6. The predicted molar refractivity (Wildman–Crippen MR) is 121 cm³/mol. The minimum absolute atomic E-state index is 0.0528. The molecule has 172 valence electrons. The number of carbonyl (C=O) groups excluding carboxylic acids is 1. The van der Waals surface area contributed by atoms with Crippen LogP contribution in [0.2, 0.25) is 0 Å². The number of rotatable bonds is 11. The van der Waals surface area contributed by atoms with Gasteiger partial charge in [0.2, 0.25) is 5.91 Å². The maximum atomic E-state index is 13.7. The van der Waals surface area contributed by atoms with Gasteiger partial charge < -0.3 is 26.5 Å². The van der Waals surface area contributed by atoms with E-state index in [1.54, 1.807) is 12.1 Å². The summed E-state index contributed by atoms with van der Waals surface area (Å²) in [4.78, 5) is 26.0. The van der Waals surface area contributed by atoms with Gasteiger partial charge in [0, 0.05) is 25.6 Å². The van der Waals surface area contributed by atoms with Crippen LogP contribution in [0.15, 0.2) is 35.1 Å². The van der Waals surface area contributed by atoms with Crippen molar-refractivity contribution in [3.63, 3.8) is 0 Å². The van der Waals surface area contributed by atoms with Gasteiger partial charge in [0.25, 0.3) is 0 Å². The van der Waals surface area contributed by atoms with Gasteiger partial charge in [-0.1, -0.05) is 29.5 Å². The molecule has 0 saturated heterocycles. The molecule has 2 aromatic carbocycles. The number of halogens is 2. The van der Waals surface area contributed by atoms with E-state index in [-0.39, 0.29) is 34.9 Å². The smallest absolute Gasteiger partial charge is 0.305 e. The second-order valence-corrected chi connectivity index (χ2v) is 8.51. The van der Waals surface area contributed by atoms with E-state index in [0.29, 0.717) is 38.0 Å². The third-order valence-electron chi connectivity index (χ3n) is 5.10.